The molecule has 0 amide bonds. The average molecular weight is 363 g/mol. The molecule has 1 saturated heterocycles. The molecule has 140 valence electrons. The van der Waals surface area contributed by atoms with Gasteiger partial charge in [0.25, 0.3) is 0 Å². The van der Waals surface area contributed by atoms with Gasteiger partial charge in [0.15, 0.2) is 5.96 Å². The van der Waals surface area contributed by atoms with Crippen LogP contribution in [0.3, 0.4) is 0 Å². The highest BCUT2D eigenvalue weighted by atomic mass is 32.2. The van der Waals surface area contributed by atoms with Gasteiger partial charge in [-0.2, -0.15) is 0 Å². The number of thioether (sulfide) groups is 1. The Labute approximate surface area is 157 Å². The third kappa shape index (κ3) is 7.70. The second-order valence-electron chi connectivity index (χ2n) is 7.31. The SMILES string of the molecule is CN=C(NCC(C)Sc1ccccc1)NC1CCN(CC(C)C)CC1. The van der Waals surface area contributed by atoms with Crippen molar-refractivity contribution in [2.24, 2.45) is 10.9 Å². The van der Waals surface area contributed by atoms with Crippen LogP contribution in [-0.4, -0.2) is 55.4 Å². The van der Waals surface area contributed by atoms with Gasteiger partial charge >= 0.3 is 0 Å². The van der Waals surface area contributed by atoms with E-state index in [1.165, 1.54) is 37.4 Å². The van der Waals surface area contributed by atoms with Crippen LogP contribution >= 0.6 is 11.8 Å². The van der Waals surface area contributed by atoms with Gasteiger partial charge in [-0.05, 0) is 30.9 Å². The van der Waals surface area contributed by atoms with Gasteiger partial charge in [-0.25, -0.2) is 0 Å². The Bertz CT molecular complexity index is 510. The number of nitrogens with one attached hydrogen (secondary N) is 2. The lowest BCUT2D eigenvalue weighted by molar-refractivity contribution is 0.187. The van der Waals surface area contributed by atoms with Crippen molar-refractivity contribution < 1.29 is 0 Å². The maximum Gasteiger partial charge on any atom is 0.191 e. The second-order valence-corrected chi connectivity index (χ2v) is 8.82. The first-order valence-electron chi connectivity index (χ1n) is 9.48. The highest BCUT2D eigenvalue weighted by Gasteiger charge is 2.20. The van der Waals surface area contributed by atoms with Crippen molar-refractivity contribution >= 4 is 17.7 Å². The molecular formula is C20H34N4S. The fraction of sp³-hybridized carbons (Fsp3) is 0.650. The van der Waals surface area contributed by atoms with Crippen molar-refractivity contribution in [3.63, 3.8) is 0 Å². The van der Waals surface area contributed by atoms with Gasteiger partial charge in [0.05, 0.1) is 0 Å². The minimum atomic E-state index is 0.494. The Morgan fingerprint density at radius 1 is 1.20 bits per heavy atom. The maximum atomic E-state index is 4.40. The Kier molecular flexibility index (Phi) is 8.62. The van der Waals surface area contributed by atoms with E-state index in [0.717, 1.165) is 18.4 Å². The van der Waals surface area contributed by atoms with E-state index in [4.69, 9.17) is 0 Å². The van der Waals surface area contributed by atoms with Gasteiger partial charge in [0.2, 0.25) is 0 Å². The number of benzene rings is 1. The van der Waals surface area contributed by atoms with Crippen LogP contribution in [0.15, 0.2) is 40.2 Å². The summed E-state index contributed by atoms with van der Waals surface area (Å²) >= 11 is 1.90. The molecule has 0 bridgehead atoms. The number of guanidine groups is 1. The number of hydrogen-bond donors (Lipinski definition) is 2. The van der Waals surface area contributed by atoms with E-state index < -0.39 is 0 Å². The second kappa shape index (κ2) is 10.7. The van der Waals surface area contributed by atoms with Gasteiger partial charge < -0.3 is 15.5 Å². The molecule has 1 unspecified atom stereocenters. The average Bonchev–Trinajstić information content (AvgIpc) is 2.60. The lowest BCUT2D eigenvalue weighted by Crippen LogP contribution is -2.49. The Balaban J connectivity index is 1.69. The highest BCUT2D eigenvalue weighted by Crippen LogP contribution is 2.21. The Hall–Kier alpha value is -1.20. The molecule has 0 spiro atoms. The van der Waals surface area contributed by atoms with Crippen molar-refractivity contribution in [2.75, 3.05) is 33.2 Å². The normalized spacial score (nSPS) is 18.4. The van der Waals surface area contributed by atoms with Crippen molar-refractivity contribution in [2.45, 2.75) is 49.8 Å². The molecule has 1 fully saturated rings. The summed E-state index contributed by atoms with van der Waals surface area (Å²) in [5, 5.41) is 7.58. The molecule has 25 heavy (non-hydrogen) atoms. The van der Waals surface area contributed by atoms with Crippen LogP contribution < -0.4 is 10.6 Å². The standard InChI is InChI=1S/C20H34N4S/c1-16(2)15-24-12-10-18(11-13-24)23-20(21-4)22-14-17(3)25-19-8-6-5-7-9-19/h5-9,16-18H,10-15H2,1-4H3,(H2,21,22,23). The lowest BCUT2D eigenvalue weighted by atomic mass is 10.0. The molecule has 1 aliphatic rings. The quantitative estimate of drug-likeness (QED) is 0.443. The van der Waals surface area contributed by atoms with E-state index in [1.54, 1.807) is 0 Å². The molecule has 1 aromatic carbocycles. The van der Waals surface area contributed by atoms with Crippen LogP contribution in [0.5, 0.6) is 0 Å². The predicted molar refractivity (Wildman–Crippen MR) is 111 cm³/mol. The van der Waals surface area contributed by atoms with Crippen LogP contribution in [0, 0.1) is 5.92 Å². The van der Waals surface area contributed by atoms with Crippen LogP contribution in [0.2, 0.25) is 0 Å². The number of rotatable bonds is 7. The molecule has 1 aliphatic heterocycles. The number of piperidine rings is 1. The zero-order valence-electron chi connectivity index (χ0n) is 16.2. The van der Waals surface area contributed by atoms with Gasteiger partial charge in [-0.15, -0.1) is 11.8 Å². The minimum absolute atomic E-state index is 0.494. The monoisotopic (exact) mass is 362 g/mol. The molecule has 1 heterocycles. The van der Waals surface area contributed by atoms with E-state index in [-0.39, 0.29) is 0 Å². The van der Waals surface area contributed by atoms with Gasteiger partial charge in [-0.1, -0.05) is 39.0 Å². The third-order valence-corrected chi connectivity index (χ3v) is 5.53. The number of nitrogens with zero attached hydrogens (tertiary/aromatic N) is 2. The smallest absolute Gasteiger partial charge is 0.191 e. The molecule has 0 saturated carbocycles. The zero-order chi connectivity index (χ0) is 18.1. The third-order valence-electron chi connectivity index (χ3n) is 4.41. The molecule has 2 rings (SSSR count). The van der Waals surface area contributed by atoms with E-state index in [9.17, 15) is 0 Å². The molecule has 0 radical (unpaired) electrons. The van der Waals surface area contributed by atoms with Crippen molar-refractivity contribution in [3.05, 3.63) is 30.3 Å². The summed E-state index contributed by atoms with van der Waals surface area (Å²) in [6, 6.07) is 11.1. The summed E-state index contributed by atoms with van der Waals surface area (Å²) < 4.78 is 0. The molecule has 4 nitrogen and oxygen atoms in total. The Morgan fingerprint density at radius 2 is 1.88 bits per heavy atom. The highest BCUT2D eigenvalue weighted by molar-refractivity contribution is 8.00. The van der Waals surface area contributed by atoms with E-state index in [1.807, 2.05) is 18.8 Å². The summed E-state index contributed by atoms with van der Waals surface area (Å²) in [6.45, 7) is 11.3. The summed E-state index contributed by atoms with van der Waals surface area (Å²) in [6.07, 6.45) is 2.39. The van der Waals surface area contributed by atoms with E-state index in [2.05, 4.69) is 71.6 Å². The fourth-order valence-electron chi connectivity index (χ4n) is 3.18. The van der Waals surface area contributed by atoms with Crippen LogP contribution in [0.1, 0.15) is 33.6 Å². The van der Waals surface area contributed by atoms with E-state index in [0.29, 0.717) is 11.3 Å². The summed E-state index contributed by atoms with van der Waals surface area (Å²) in [5.74, 6) is 1.69. The summed E-state index contributed by atoms with van der Waals surface area (Å²) in [5.41, 5.74) is 0. The van der Waals surface area contributed by atoms with Crippen LogP contribution in [0.4, 0.5) is 0 Å². The van der Waals surface area contributed by atoms with Crippen molar-refractivity contribution in [1.29, 1.82) is 0 Å². The van der Waals surface area contributed by atoms with Crippen molar-refractivity contribution in [1.82, 2.24) is 15.5 Å². The van der Waals surface area contributed by atoms with Crippen LogP contribution in [0.25, 0.3) is 0 Å². The van der Waals surface area contributed by atoms with Gasteiger partial charge in [-0.3, -0.25) is 4.99 Å². The molecule has 0 aliphatic carbocycles. The van der Waals surface area contributed by atoms with Crippen LogP contribution in [-0.2, 0) is 0 Å². The van der Waals surface area contributed by atoms with Gasteiger partial charge in [0.1, 0.15) is 0 Å². The molecule has 1 aromatic rings. The van der Waals surface area contributed by atoms with Crippen molar-refractivity contribution in [3.8, 4) is 0 Å². The summed E-state index contributed by atoms with van der Waals surface area (Å²) in [7, 11) is 1.86. The van der Waals surface area contributed by atoms with Gasteiger partial charge in [0, 0.05) is 49.4 Å². The first-order chi connectivity index (χ1) is 12.1. The maximum absolute atomic E-state index is 4.40. The first kappa shape index (κ1) is 20.1. The minimum Gasteiger partial charge on any atom is -0.355 e. The Morgan fingerprint density at radius 3 is 2.48 bits per heavy atom. The first-order valence-corrected chi connectivity index (χ1v) is 10.4. The molecular weight excluding hydrogens is 328 g/mol. The molecule has 0 aromatic heterocycles. The molecule has 1 atom stereocenters. The van der Waals surface area contributed by atoms with E-state index >= 15 is 0 Å². The fourth-order valence-corrected chi connectivity index (χ4v) is 4.12. The number of hydrogen-bond acceptors (Lipinski definition) is 3. The summed E-state index contributed by atoms with van der Waals surface area (Å²) in [4.78, 5) is 8.30. The largest absolute Gasteiger partial charge is 0.355 e. The number of likely N-dealkylation sites (tertiary alicyclic amines) is 1. The lowest BCUT2D eigenvalue weighted by Gasteiger charge is -2.34. The molecule has 2 N–H and O–H groups in total. The predicted octanol–water partition coefficient (Wildman–Crippen LogP) is 3.45. The number of aliphatic imine (C=N–C) groups is 1. The topological polar surface area (TPSA) is 39.7 Å². The molecule has 5 heteroatoms. The zero-order valence-corrected chi connectivity index (χ0v) is 17.0.